The van der Waals surface area contributed by atoms with Crippen molar-refractivity contribution in [3.05, 3.63) is 59.7 Å². The highest BCUT2D eigenvalue weighted by molar-refractivity contribution is 5.56. The molecule has 20 heavy (non-hydrogen) atoms. The van der Waals surface area contributed by atoms with Crippen LogP contribution in [-0.2, 0) is 12.8 Å². The molecular formula is C18H22N2. The predicted molar refractivity (Wildman–Crippen MR) is 86.1 cm³/mol. The van der Waals surface area contributed by atoms with Gasteiger partial charge in [0.1, 0.15) is 0 Å². The second-order valence-electron chi connectivity index (χ2n) is 5.72. The van der Waals surface area contributed by atoms with Gasteiger partial charge in [0, 0.05) is 24.0 Å². The summed E-state index contributed by atoms with van der Waals surface area (Å²) in [5.41, 5.74) is 10.9. The first kappa shape index (κ1) is 13.0. The van der Waals surface area contributed by atoms with E-state index in [1.165, 1.54) is 29.7 Å². The second kappa shape index (κ2) is 5.58. The van der Waals surface area contributed by atoms with Crippen molar-refractivity contribution in [2.24, 2.45) is 0 Å². The number of benzene rings is 2. The zero-order valence-electron chi connectivity index (χ0n) is 12.0. The van der Waals surface area contributed by atoms with E-state index in [0.717, 1.165) is 18.7 Å². The predicted octanol–water partition coefficient (Wildman–Crippen LogP) is 3.65. The lowest BCUT2D eigenvalue weighted by Gasteiger charge is -2.36. The molecule has 0 aliphatic carbocycles. The molecule has 0 amide bonds. The van der Waals surface area contributed by atoms with E-state index < -0.39 is 0 Å². The molecule has 2 heteroatoms. The van der Waals surface area contributed by atoms with E-state index in [4.69, 9.17) is 5.73 Å². The number of nitrogen functional groups attached to an aromatic ring is 1. The van der Waals surface area contributed by atoms with Crippen LogP contribution in [0.1, 0.15) is 24.5 Å². The highest BCUT2D eigenvalue weighted by Gasteiger charge is 2.20. The molecule has 0 saturated carbocycles. The number of anilines is 2. The standard InChI is InChI=1S/C18H22N2/c1-14(13-15-8-10-17(19)11-9-15)20-12-4-6-16-5-2-3-7-18(16)20/h2-3,5,7-11,14H,4,6,12-13,19H2,1H3. The molecule has 1 unspecified atom stereocenters. The lowest BCUT2D eigenvalue weighted by molar-refractivity contribution is 0.590. The van der Waals surface area contributed by atoms with Gasteiger partial charge >= 0.3 is 0 Å². The van der Waals surface area contributed by atoms with Crippen molar-refractivity contribution in [3.8, 4) is 0 Å². The summed E-state index contributed by atoms with van der Waals surface area (Å²) in [6.45, 7) is 3.48. The molecular weight excluding hydrogens is 244 g/mol. The second-order valence-corrected chi connectivity index (χ2v) is 5.72. The summed E-state index contributed by atoms with van der Waals surface area (Å²) < 4.78 is 0. The molecule has 1 aliphatic rings. The van der Waals surface area contributed by atoms with Crippen LogP contribution in [0.5, 0.6) is 0 Å². The Bertz CT molecular complexity index is 574. The van der Waals surface area contributed by atoms with Crippen LogP contribution in [0, 0.1) is 0 Å². The van der Waals surface area contributed by atoms with Gasteiger partial charge in [-0.1, -0.05) is 30.3 Å². The molecule has 1 heterocycles. The van der Waals surface area contributed by atoms with Crippen molar-refractivity contribution in [1.82, 2.24) is 0 Å². The average molecular weight is 266 g/mol. The van der Waals surface area contributed by atoms with Crippen LogP contribution in [0.2, 0.25) is 0 Å². The number of nitrogens with two attached hydrogens (primary N) is 1. The molecule has 104 valence electrons. The normalized spacial score (nSPS) is 15.8. The van der Waals surface area contributed by atoms with E-state index in [1.54, 1.807) is 0 Å². The first-order chi connectivity index (χ1) is 9.74. The number of aryl methyl sites for hydroxylation is 1. The van der Waals surface area contributed by atoms with Crippen LogP contribution in [-0.4, -0.2) is 12.6 Å². The molecule has 0 bridgehead atoms. The maximum atomic E-state index is 5.75. The van der Waals surface area contributed by atoms with Gasteiger partial charge in [-0.2, -0.15) is 0 Å². The van der Waals surface area contributed by atoms with Gasteiger partial charge in [-0.25, -0.2) is 0 Å². The fourth-order valence-electron chi connectivity index (χ4n) is 3.13. The third kappa shape index (κ3) is 2.64. The molecule has 0 saturated heterocycles. The van der Waals surface area contributed by atoms with E-state index in [2.05, 4.69) is 48.2 Å². The van der Waals surface area contributed by atoms with Crippen molar-refractivity contribution in [2.75, 3.05) is 17.2 Å². The average Bonchev–Trinajstić information content (AvgIpc) is 2.49. The summed E-state index contributed by atoms with van der Waals surface area (Å²) >= 11 is 0. The molecule has 3 rings (SSSR count). The third-order valence-electron chi connectivity index (χ3n) is 4.19. The van der Waals surface area contributed by atoms with Crippen LogP contribution < -0.4 is 10.6 Å². The van der Waals surface area contributed by atoms with E-state index >= 15 is 0 Å². The summed E-state index contributed by atoms with van der Waals surface area (Å²) in [6, 6.07) is 17.6. The lowest BCUT2D eigenvalue weighted by atomic mass is 9.98. The monoisotopic (exact) mass is 266 g/mol. The largest absolute Gasteiger partial charge is 0.399 e. The van der Waals surface area contributed by atoms with Crippen molar-refractivity contribution in [2.45, 2.75) is 32.2 Å². The van der Waals surface area contributed by atoms with Gasteiger partial charge in [-0.05, 0) is 55.5 Å². The maximum absolute atomic E-state index is 5.75. The number of fused-ring (bicyclic) bond motifs is 1. The smallest absolute Gasteiger partial charge is 0.0401 e. The van der Waals surface area contributed by atoms with Gasteiger partial charge in [0.05, 0.1) is 0 Å². The summed E-state index contributed by atoms with van der Waals surface area (Å²) in [5.74, 6) is 0. The fraction of sp³-hybridized carbons (Fsp3) is 0.333. The molecule has 0 spiro atoms. The lowest BCUT2D eigenvalue weighted by Crippen LogP contribution is -2.38. The SMILES string of the molecule is CC(Cc1ccc(N)cc1)N1CCCc2ccccc21. The zero-order chi connectivity index (χ0) is 13.9. The topological polar surface area (TPSA) is 29.3 Å². The van der Waals surface area contributed by atoms with Gasteiger partial charge in [-0.3, -0.25) is 0 Å². The molecule has 2 aromatic rings. The van der Waals surface area contributed by atoms with Crippen molar-refractivity contribution in [1.29, 1.82) is 0 Å². The summed E-state index contributed by atoms with van der Waals surface area (Å²) in [7, 11) is 0. The third-order valence-corrected chi connectivity index (χ3v) is 4.19. The molecule has 1 atom stereocenters. The Kier molecular flexibility index (Phi) is 3.64. The van der Waals surface area contributed by atoms with E-state index in [-0.39, 0.29) is 0 Å². The Morgan fingerprint density at radius 1 is 1.10 bits per heavy atom. The number of nitrogens with zero attached hydrogens (tertiary/aromatic N) is 1. The van der Waals surface area contributed by atoms with Crippen molar-refractivity contribution < 1.29 is 0 Å². The maximum Gasteiger partial charge on any atom is 0.0401 e. The number of hydrogen-bond acceptors (Lipinski definition) is 2. The van der Waals surface area contributed by atoms with Gasteiger partial charge < -0.3 is 10.6 Å². The Balaban J connectivity index is 1.78. The molecule has 0 aromatic heterocycles. The Morgan fingerprint density at radius 3 is 2.65 bits per heavy atom. The number of hydrogen-bond donors (Lipinski definition) is 1. The molecule has 2 nitrogen and oxygen atoms in total. The van der Waals surface area contributed by atoms with E-state index in [9.17, 15) is 0 Å². The molecule has 2 N–H and O–H groups in total. The highest BCUT2D eigenvalue weighted by Crippen LogP contribution is 2.29. The molecule has 1 aliphatic heterocycles. The van der Waals surface area contributed by atoms with Gasteiger partial charge in [0.25, 0.3) is 0 Å². The van der Waals surface area contributed by atoms with Crippen LogP contribution in [0.4, 0.5) is 11.4 Å². The molecule has 0 radical (unpaired) electrons. The van der Waals surface area contributed by atoms with Crippen molar-refractivity contribution >= 4 is 11.4 Å². The minimum atomic E-state index is 0.514. The number of rotatable bonds is 3. The Labute approximate surface area is 121 Å². The summed E-state index contributed by atoms with van der Waals surface area (Å²) in [4.78, 5) is 2.55. The molecule has 2 aromatic carbocycles. The first-order valence-electron chi connectivity index (χ1n) is 7.43. The van der Waals surface area contributed by atoms with Crippen LogP contribution >= 0.6 is 0 Å². The Hall–Kier alpha value is -1.96. The van der Waals surface area contributed by atoms with E-state index in [1.807, 2.05) is 12.1 Å². The van der Waals surface area contributed by atoms with Crippen LogP contribution in [0.25, 0.3) is 0 Å². The van der Waals surface area contributed by atoms with Gasteiger partial charge in [0.15, 0.2) is 0 Å². The summed E-state index contributed by atoms with van der Waals surface area (Å²) in [5, 5.41) is 0. The van der Waals surface area contributed by atoms with Crippen LogP contribution in [0.3, 0.4) is 0 Å². The zero-order valence-corrected chi connectivity index (χ0v) is 12.0. The highest BCUT2D eigenvalue weighted by atomic mass is 15.2. The van der Waals surface area contributed by atoms with E-state index in [0.29, 0.717) is 6.04 Å². The van der Waals surface area contributed by atoms with Crippen molar-refractivity contribution in [3.63, 3.8) is 0 Å². The minimum absolute atomic E-state index is 0.514. The first-order valence-corrected chi connectivity index (χ1v) is 7.43. The minimum Gasteiger partial charge on any atom is -0.399 e. The van der Waals surface area contributed by atoms with Gasteiger partial charge in [0.2, 0.25) is 0 Å². The van der Waals surface area contributed by atoms with Gasteiger partial charge in [-0.15, -0.1) is 0 Å². The number of para-hydroxylation sites is 1. The molecule has 0 fully saturated rings. The quantitative estimate of drug-likeness (QED) is 0.859. The fourth-order valence-corrected chi connectivity index (χ4v) is 3.13. The summed E-state index contributed by atoms with van der Waals surface area (Å²) in [6.07, 6.45) is 3.53. The van der Waals surface area contributed by atoms with Crippen LogP contribution in [0.15, 0.2) is 48.5 Å². The Morgan fingerprint density at radius 2 is 1.85 bits per heavy atom.